The summed E-state index contributed by atoms with van der Waals surface area (Å²) in [5.41, 5.74) is 3.47. The first kappa shape index (κ1) is 24.4. The largest absolute Gasteiger partial charge is 0.444 e. The number of carbonyl (C=O) groups is 2. The van der Waals surface area contributed by atoms with Gasteiger partial charge in [-0.2, -0.15) is 0 Å². The van der Waals surface area contributed by atoms with Gasteiger partial charge >= 0.3 is 6.09 Å². The van der Waals surface area contributed by atoms with E-state index in [4.69, 9.17) is 9.57 Å². The number of nitrogens with one attached hydrogen (secondary N) is 3. The summed E-state index contributed by atoms with van der Waals surface area (Å²) in [6, 6.07) is 12.1. The molecular weight excluding hydrogens is 489 g/mol. The lowest BCUT2D eigenvalue weighted by atomic mass is 10.0. The maximum absolute atomic E-state index is 14.0. The van der Waals surface area contributed by atoms with E-state index >= 15 is 0 Å². The number of oxime groups is 1. The summed E-state index contributed by atoms with van der Waals surface area (Å²) in [6.45, 7) is 7.93. The molecule has 0 spiro atoms. The van der Waals surface area contributed by atoms with Gasteiger partial charge in [0.1, 0.15) is 23.7 Å². The van der Waals surface area contributed by atoms with Crippen LogP contribution in [-0.4, -0.2) is 60.5 Å². The lowest BCUT2D eigenvalue weighted by Gasteiger charge is -2.26. The number of hydrogen-bond donors (Lipinski definition) is 3. The molecule has 0 aromatic heterocycles. The lowest BCUT2D eigenvalue weighted by Crippen LogP contribution is -2.39. The molecule has 9 nitrogen and oxygen atoms in total. The first-order valence-corrected chi connectivity index (χ1v) is 12.8. The molecule has 1 saturated carbocycles. The third-order valence-electron chi connectivity index (χ3n) is 7.23. The van der Waals surface area contributed by atoms with E-state index in [0.29, 0.717) is 72.4 Å². The predicted octanol–water partition coefficient (Wildman–Crippen LogP) is 3.79. The number of benzene rings is 2. The number of anilines is 2. The highest BCUT2D eigenvalue weighted by molar-refractivity contribution is 6.39. The number of fused-ring (bicyclic) bond motifs is 3. The Bertz CT molecular complexity index is 1370. The summed E-state index contributed by atoms with van der Waals surface area (Å²) in [7, 11) is 0. The van der Waals surface area contributed by atoms with E-state index in [0.717, 1.165) is 11.3 Å². The lowest BCUT2D eigenvalue weighted by molar-refractivity contribution is -0.110. The van der Waals surface area contributed by atoms with Crippen molar-refractivity contribution in [2.24, 2.45) is 17.0 Å². The number of halogens is 1. The zero-order chi connectivity index (χ0) is 26.6. The Morgan fingerprint density at radius 3 is 2.61 bits per heavy atom. The summed E-state index contributed by atoms with van der Waals surface area (Å²) in [4.78, 5) is 32.6. The summed E-state index contributed by atoms with van der Waals surface area (Å²) in [5, 5.41) is 14.0. The molecular formula is C28H30FN5O4. The average molecular weight is 520 g/mol. The number of para-hydroxylation sites is 1. The Balaban J connectivity index is 1.09. The molecule has 4 aliphatic rings. The van der Waals surface area contributed by atoms with Gasteiger partial charge in [-0.25, -0.2) is 9.18 Å². The molecule has 3 aliphatic heterocycles. The molecule has 6 rings (SSSR count). The van der Waals surface area contributed by atoms with Crippen LogP contribution in [0.25, 0.3) is 5.57 Å². The summed E-state index contributed by atoms with van der Waals surface area (Å²) in [6.07, 6.45) is -0.251. The number of likely N-dealkylation sites (tertiary alicyclic amines) is 1. The third-order valence-corrected chi connectivity index (χ3v) is 7.23. The van der Waals surface area contributed by atoms with Crippen molar-refractivity contribution in [2.75, 3.05) is 36.9 Å². The van der Waals surface area contributed by atoms with Crippen LogP contribution >= 0.6 is 0 Å². The zero-order valence-corrected chi connectivity index (χ0v) is 21.5. The fourth-order valence-electron chi connectivity index (χ4n) is 5.48. The van der Waals surface area contributed by atoms with Gasteiger partial charge in [-0.1, -0.05) is 23.4 Å². The highest BCUT2D eigenvalue weighted by Gasteiger charge is 2.56. The van der Waals surface area contributed by atoms with E-state index in [1.807, 2.05) is 45.0 Å². The first-order chi connectivity index (χ1) is 18.2. The molecule has 38 heavy (non-hydrogen) atoms. The first-order valence-electron chi connectivity index (χ1n) is 12.8. The van der Waals surface area contributed by atoms with Crippen LogP contribution in [0.5, 0.6) is 0 Å². The summed E-state index contributed by atoms with van der Waals surface area (Å²) >= 11 is 0. The molecule has 2 aromatic rings. The second kappa shape index (κ2) is 9.13. The van der Waals surface area contributed by atoms with Gasteiger partial charge in [0.2, 0.25) is 0 Å². The van der Waals surface area contributed by atoms with E-state index in [2.05, 4.69) is 21.1 Å². The zero-order valence-electron chi connectivity index (χ0n) is 21.5. The standard InChI is InChI=1S/C28H30FN5O4/c1-28(2,3)38-27(36)34-13-18-19(14-34)23(18)30-10-11-37-33-24-16-6-4-5-7-20(16)31-25(24)22-17-12-15(29)8-9-21(17)32-26(22)35/h4-9,12,18-19,23,30-31H,10-11,13-14H2,1-3H3,(H,32,35)/b25-22-,33-24+. The van der Waals surface area contributed by atoms with Crippen LogP contribution in [0, 0.1) is 17.7 Å². The van der Waals surface area contributed by atoms with Crippen molar-refractivity contribution in [3.8, 4) is 0 Å². The van der Waals surface area contributed by atoms with Crippen LogP contribution in [-0.2, 0) is 14.4 Å². The molecule has 3 heterocycles. The van der Waals surface area contributed by atoms with Crippen LogP contribution in [0.15, 0.2) is 53.3 Å². The fourth-order valence-corrected chi connectivity index (χ4v) is 5.48. The number of amides is 2. The van der Waals surface area contributed by atoms with Gasteiger partial charge in [0.05, 0.1) is 11.3 Å². The second-order valence-corrected chi connectivity index (χ2v) is 11.0. The Kier molecular flexibility index (Phi) is 5.86. The number of allylic oxidation sites excluding steroid dienone is 1. The number of ether oxygens (including phenoxy) is 1. The molecule has 2 fully saturated rings. The minimum absolute atomic E-state index is 0.251. The van der Waals surface area contributed by atoms with Gasteiger partial charge in [-0.3, -0.25) is 4.79 Å². The van der Waals surface area contributed by atoms with Crippen LogP contribution in [0.4, 0.5) is 20.6 Å². The SMILES string of the molecule is CC(C)(C)OC(=O)N1CC2C(C1)C2NCCO/N=C1/C(=C2/C(=O)Nc3ccc(F)cc32)Nc2ccccc21. The van der Waals surface area contributed by atoms with Crippen molar-refractivity contribution < 1.29 is 23.6 Å². The molecule has 2 aromatic carbocycles. The van der Waals surface area contributed by atoms with Gasteiger partial charge in [-0.15, -0.1) is 0 Å². The molecule has 3 N–H and O–H groups in total. The Hall–Kier alpha value is -3.92. The average Bonchev–Trinajstić information content (AvgIpc) is 3.19. The highest BCUT2D eigenvalue weighted by Crippen LogP contribution is 2.45. The van der Waals surface area contributed by atoms with Crippen molar-refractivity contribution in [1.82, 2.24) is 10.2 Å². The second-order valence-electron chi connectivity index (χ2n) is 11.0. The molecule has 0 radical (unpaired) electrons. The molecule has 1 saturated heterocycles. The fraction of sp³-hybridized carbons (Fsp3) is 0.393. The summed E-state index contributed by atoms with van der Waals surface area (Å²) in [5.74, 6) is 0.111. The molecule has 1 aliphatic carbocycles. The van der Waals surface area contributed by atoms with Crippen molar-refractivity contribution in [3.63, 3.8) is 0 Å². The maximum atomic E-state index is 14.0. The van der Waals surface area contributed by atoms with Crippen molar-refractivity contribution in [1.29, 1.82) is 0 Å². The van der Waals surface area contributed by atoms with Gasteiger partial charge in [-0.05, 0) is 56.9 Å². The monoisotopic (exact) mass is 519 g/mol. The van der Waals surface area contributed by atoms with Crippen molar-refractivity contribution >= 4 is 34.7 Å². The van der Waals surface area contributed by atoms with Crippen LogP contribution in [0.2, 0.25) is 0 Å². The number of hydrogen-bond acceptors (Lipinski definition) is 7. The molecule has 2 unspecified atom stereocenters. The third kappa shape index (κ3) is 4.49. The van der Waals surface area contributed by atoms with E-state index in [-0.39, 0.29) is 12.0 Å². The van der Waals surface area contributed by atoms with Crippen LogP contribution in [0.3, 0.4) is 0 Å². The smallest absolute Gasteiger partial charge is 0.410 e. The van der Waals surface area contributed by atoms with Crippen molar-refractivity contribution in [2.45, 2.75) is 32.4 Å². The van der Waals surface area contributed by atoms with Crippen LogP contribution in [0.1, 0.15) is 31.9 Å². The highest BCUT2D eigenvalue weighted by atomic mass is 19.1. The van der Waals surface area contributed by atoms with E-state index in [9.17, 15) is 14.0 Å². The quantitative estimate of drug-likeness (QED) is 0.316. The maximum Gasteiger partial charge on any atom is 0.410 e. The minimum Gasteiger partial charge on any atom is -0.444 e. The van der Waals surface area contributed by atoms with Gasteiger partial charge in [0.15, 0.2) is 0 Å². The van der Waals surface area contributed by atoms with E-state index < -0.39 is 11.4 Å². The van der Waals surface area contributed by atoms with E-state index in [1.54, 1.807) is 11.0 Å². The van der Waals surface area contributed by atoms with E-state index in [1.165, 1.54) is 12.1 Å². The number of rotatable bonds is 5. The number of piperidine rings is 1. The van der Waals surface area contributed by atoms with Gasteiger partial charge in [0, 0.05) is 48.2 Å². The molecule has 2 amide bonds. The summed E-state index contributed by atoms with van der Waals surface area (Å²) < 4.78 is 19.5. The number of nitrogens with zero attached hydrogens (tertiary/aromatic N) is 2. The molecule has 10 heteroatoms. The van der Waals surface area contributed by atoms with Crippen molar-refractivity contribution in [3.05, 3.63) is 65.1 Å². The Morgan fingerprint density at radius 1 is 1.11 bits per heavy atom. The van der Waals surface area contributed by atoms with Gasteiger partial charge in [0.25, 0.3) is 5.91 Å². The molecule has 198 valence electrons. The Morgan fingerprint density at radius 2 is 1.84 bits per heavy atom. The molecule has 0 bridgehead atoms. The number of carbonyl (C=O) groups excluding carboxylic acids is 2. The van der Waals surface area contributed by atoms with Gasteiger partial charge < -0.3 is 30.4 Å². The minimum atomic E-state index is -0.493. The predicted molar refractivity (Wildman–Crippen MR) is 141 cm³/mol. The normalized spacial score (nSPS) is 26.0. The van der Waals surface area contributed by atoms with Crippen LogP contribution < -0.4 is 16.0 Å². The Labute approximate surface area is 220 Å². The topological polar surface area (TPSA) is 104 Å². The molecule has 2 atom stereocenters.